The van der Waals surface area contributed by atoms with Gasteiger partial charge in [0.05, 0.1) is 16.7 Å². The van der Waals surface area contributed by atoms with Crippen LogP contribution >= 0.6 is 0 Å². The van der Waals surface area contributed by atoms with Crippen molar-refractivity contribution in [3.05, 3.63) is 206 Å². The molecule has 54 heavy (non-hydrogen) atoms. The molecule has 0 amide bonds. The molecule has 1 heterocycles. The lowest BCUT2D eigenvalue weighted by Crippen LogP contribution is -2.10. The van der Waals surface area contributed by atoms with E-state index >= 15 is 0 Å². The lowest BCUT2D eigenvalue weighted by molar-refractivity contribution is 1.19. The number of fused-ring (bicyclic) bond motifs is 11. The zero-order valence-corrected chi connectivity index (χ0v) is 29.5. The molecule has 0 radical (unpaired) electrons. The molecule has 0 N–H and O–H groups in total. The van der Waals surface area contributed by atoms with Gasteiger partial charge in [-0.1, -0.05) is 164 Å². The van der Waals surface area contributed by atoms with Gasteiger partial charge in [0, 0.05) is 38.8 Å². The Morgan fingerprint density at radius 2 is 0.870 bits per heavy atom. The van der Waals surface area contributed by atoms with Crippen LogP contribution in [0.15, 0.2) is 206 Å². The topological polar surface area (TPSA) is 8.17 Å². The Labute approximate surface area is 313 Å². The first-order valence-corrected chi connectivity index (χ1v) is 18.6. The second kappa shape index (κ2) is 12.2. The third kappa shape index (κ3) is 4.60. The summed E-state index contributed by atoms with van der Waals surface area (Å²) in [6.07, 6.45) is 0. The van der Waals surface area contributed by atoms with E-state index < -0.39 is 0 Å². The molecule has 10 aromatic carbocycles. The highest BCUT2D eigenvalue weighted by Gasteiger charge is 2.25. The minimum atomic E-state index is 1.11. The van der Waals surface area contributed by atoms with Gasteiger partial charge in [-0.25, -0.2) is 0 Å². The first kappa shape index (κ1) is 30.5. The van der Waals surface area contributed by atoms with Gasteiger partial charge in [0.2, 0.25) is 0 Å². The highest BCUT2D eigenvalue weighted by molar-refractivity contribution is 6.28. The van der Waals surface area contributed by atoms with E-state index in [1.807, 2.05) is 0 Å². The van der Waals surface area contributed by atoms with Crippen molar-refractivity contribution in [1.29, 1.82) is 0 Å². The molecule has 0 saturated heterocycles. The fraction of sp³-hybridized carbons (Fsp3) is 0. The molecule has 11 rings (SSSR count). The van der Waals surface area contributed by atoms with Gasteiger partial charge in [-0.15, -0.1) is 0 Å². The van der Waals surface area contributed by atoms with Gasteiger partial charge in [0.25, 0.3) is 0 Å². The van der Waals surface area contributed by atoms with E-state index in [-0.39, 0.29) is 0 Å². The van der Waals surface area contributed by atoms with Crippen molar-refractivity contribution in [1.82, 2.24) is 4.57 Å². The number of rotatable bonds is 5. The molecule has 0 unspecified atom stereocenters. The van der Waals surface area contributed by atoms with Gasteiger partial charge >= 0.3 is 0 Å². The van der Waals surface area contributed by atoms with Crippen molar-refractivity contribution < 1.29 is 0 Å². The Balaban J connectivity index is 1.31. The van der Waals surface area contributed by atoms with Gasteiger partial charge in [0.15, 0.2) is 0 Å². The fourth-order valence-corrected chi connectivity index (χ4v) is 8.81. The van der Waals surface area contributed by atoms with E-state index in [9.17, 15) is 0 Å². The summed E-state index contributed by atoms with van der Waals surface area (Å²) in [4.78, 5) is 2.47. The number of para-hydroxylation sites is 3. The van der Waals surface area contributed by atoms with Gasteiger partial charge in [-0.3, -0.25) is 0 Å². The largest absolute Gasteiger partial charge is 0.310 e. The molecule has 0 spiro atoms. The number of benzene rings is 10. The van der Waals surface area contributed by atoms with Crippen LogP contribution in [0.3, 0.4) is 0 Å². The molecule has 0 aliphatic carbocycles. The monoisotopic (exact) mass is 686 g/mol. The van der Waals surface area contributed by atoms with Crippen molar-refractivity contribution in [3.8, 4) is 16.8 Å². The van der Waals surface area contributed by atoms with Crippen LogP contribution in [0.25, 0.3) is 81.7 Å². The molecule has 0 bridgehead atoms. The van der Waals surface area contributed by atoms with Gasteiger partial charge in [-0.2, -0.15) is 0 Å². The van der Waals surface area contributed by atoms with Crippen LogP contribution in [0.2, 0.25) is 0 Å². The maximum atomic E-state index is 2.50. The Kier molecular flexibility index (Phi) is 6.90. The highest BCUT2D eigenvalue weighted by Crippen LogP contribution is 2.49. The Hall–Kier alpha value is -7.16. The average molecular weight is 687 g/mol. The molecule has 0 fully saturated rings. The van der Waals surface area contributed by atoms with Gasteiger partial charge < -0.3 is 9.47 Å². The fourth-order valence-electron chi connectivity index (χ4n) is 8.81. The van der Waals surface area contributed by atoms with E-state index in [0.717, 1.165) is 22.7 Å². The van der Waals surface area contributed by atoms with Crippen LogP contribution in [-0.2, 0) is 0 Å². The first-order chi connectivity index (χ1) is 26.8. The maximum Gasteiger partial charge on any atom is 0.0640 e. The summed E-state index contributed by atoms with van der Waals surface area (Å²) in [6.45, 7) is 0. The molecule has 1 aromatic heterocycles. The molecule has 0 aliphatic heterocycles. The predicted octanol–water partition coefficient (Wildman–Crippen LogP) is 14.5. The Morgan fingerprint density at radius 3 is 1.56 bits per heavy atom. The third-order valence-electron chi connectivity index (χ3n) is 11.1. The molecule has 0 atom stereocenters. The van der Waals surface area contributed by atoms with E-state index in [2.05, 4.69) is 216 Å². The molecule has 252 valence electrons. The Bertz CT molecular complexity index is 3160. The van der Waals surface area contributed by atoms with Crippen LogP contribution in [0.4, 0.5) is 17.1 Å². The van der Waals surface area contributed by atoms with Gasteiger partial charge in [-0.05, 0) is 85.7 Å². The van der Waals surface area contributed by atoms with Crippen LogP contribution < -0.4 is 4.90 Å². The van der Waals surface area contributed by atoms with Crippen LogP contribution in [0, 0.1) is 0 Å². The molecule has 2 heteroatoms. The van der Waals surface area contributed by atoms with E-state index in [4.69, 9.17) is 0 Å². The minimum absolute atomic E-state index is 1.11. The Morgan fingerprint density at radius 1 is 0.333 bits per heavy atom. The maximum absolute atomic E-state index is 2.50. The summed E-state index contributed by atoms with van der Waals surface area (Å²) in [6, 6.07) is 75.3. The molecular formula is C52H34N2. The standard InChI is InChI=1S/C52H34N2/c1-4-17-35(18-5-1)40-29-16-30-47-50-49(33-36-19-10-11-24-41(36)52(50)54(51(40)47)38-22-8-3-9-23-38)53(37-20-6-2-7-21-37)39-31-32-46-44-27-13-12-25-42(44)43-26-14-15-28-45(43)48(46)34-39/h1-34H. The SMILES string of the molecule is c1ccc(-c2cccc3c4c(N(c5ccccc5)c5ccc6c7ccccc7c7ccccc7c6c5)cc5ccccc5c4n(-c4ccccc4)c23)cc1. The number of hydrogen-bond donors (Lipinski definition) is 0. The summed E-state index contributed by atoms with van der Waals surface area (Å²) in [5.74, 6) is 0. The van der Waals surface area contributed by atoms with E-state index in [0.29, 0.717) is 0 Å². The van der Waals surface area contributed by atoms with Crippen LogP contribution in [0.5, 0.6) is 0 Å². The molecular weight excluding hydrogens is 653 g/mol. The van der Waals surface area contributed by atoms with E-state index in [1.165, 1.54) is 76.0 Å². The molecule has 2 nitrogen and oxygen atoms in total. The smallest absolute Gasteiger partial charge is 0.0640 e. The second-order valence-electron chi connectivity index (χ2n) is 14.1. The zero-order chi connectivity index (χ0) is 35.6. The first-order valence-electron chi connectivity index (χ1n) is 18.6. The average Bonchev–Trinajstić information content (AvgIpc) is 3.61. The van der Waals surface area contributed by atoms with Gasteiger partial charge in [0.1, 0.15) is 0 Å². The summed E-state index contributed by atoms with van der Waals surface area (Å²) in [5.41, 5.74) is 9.31. The normalized spacial score (nSPS) is 11.7. The number of aromatic nitrogens is 1. The lowest BCUT2D eigenvalue weighted by atomic mass is 9.93. The summed E-state index contributed by atoms with van der Waals surface area (Å²) < 4.78 is 2.50. The van der Waals surface area contributed by atoms with Crippen LogP contribution in [0.1, 0.15) is 0 Å². The van der Waals surface area contributed by atoms with Crippen LogP contribution in [-0.4, -0.2) is 4.57 Å². The zero-order valence-electron chi connectivity index (χ0n) is 29.5. The van der Waals surface area contributed by atoms with Crippen molar-refractivity contribution in [2.45, 2.75) is 0 Å². The summed E-state index contributed by atoms with van der Waals surface area (Å²) >= 11 is 0. The lowest BCUT2D eigenvalue weighted by Gasteiger charge is -2.28. The molecule has 0 saturated carbocycles. The van der Waals surface area contributed by atoms with Crippen molar-refractivity contribution in [2.24, 2.45) is 0 Å². The quantitative estimate of drug-likeness (QED) is 0.164. The van der Waals surface area contributed by atoms with Crippen molar-refractivity contribution >= 4 is 82.0 Å². The summed E-state index contributed by atoms with van der Waals surface area (Å²) in [7, 11) is 0. The minimum Gasteiger partial charge on any atom is -0.310 e. The summed E-state index contributed by atoms with van der Waals surface area (Å²) in [5, 5.41) is 12.5. The van der Waals surface area contributed by atoms with E-state index in [1.54, 1.807) is 0 Å². The molecule has 11 aromatic rings. The number of nitrogens with zero attached hydrogens (tertiary/aromatic N) is 2. The molecule has 0 aliphatic rings. The van der Waals surface area contributed by atoms with Crippen molar-refractivity contribution in [2.75, 3.05) is 4.90 Å². The number of hydrogen-bond acceptors (Lipinski definition) is 1. The predicted molar refractivity (Wildman–Crippen MR) is 231 cm³/mol. The van der Waals surface area contributed by atoms with Crippen molar-refractivity contribution in [3.63, 3.8) is 0 Å². The third-order valence-corrected chi connectivity index (χ3v) is 11.1. The highest BCUT2D eigenvalue weighted by atomic mass is 15.1. The number of anilines is 3. The second-order valence-corrected chi connectivity index (χ2v) is 14.1.